The van der Waals surface area contributed by atoms with Gasteiger partial charge < -0.3 is 10.1 Å². The molecule has 1 aliphatic rings. The zero-order chi connectivity index (χ0) is 15.1. The summed E-state index contributed by atoms with van der Waals surface area (Å²) in [6, 6.07) is 0.646. The summed E-state index contributed by atoms with van der Waals surface area (Å²) in [6.07, 6.45) is -5.92. The Morgan fingerprint density at radius 1 is 1.33 bits per heavy atom. The summed E-state index contributed by atoms with van der Waals surface area (Å²) in [7, 11) is 0. The van der Waals surface area contributed by atoms with Gasteiger partial charge in [0.05, 0.1) is 10.6 Å². The molecule has 3 nitrogen and oxygen atoms in total. The van der Waals surface area contributed by atoms with E-state index in [2.05, 4.69) is 4.74 Å². The van der Waals surface area contributed by atoms with Gasteiger partial charge in [-0.25, -0.2) is 13.6 Å². The number of alkyl carbamates (subject to hydrolysis) is 1. The molecule has 0 aliphatic carbocycles. The highest BCUT2D eigenvalue weighted by atomic mass is 35.5. The van der Waals surface area contributed by atoms with Crippen LogP contribution in [-0.4, -0.2) is 18.6 Å². The minimum Gasteiger partial charge on any atom is -0.443 e. The van der Waals surface area contributed by atoms with E-state index in [0.717, 1.165) is 12.1 Å². The van der Waals surface area contributed by atoms with Gasteiger partial charge in [-0.15, -0.1) is 12.4 Å². The topological polar surface area (TPSA) is 38.3 Å². The van der Waals surface area contributed by atoms with Crippen molar-refractivity contribution in [1.82, 2.24) is 5.32 Å². The molecule has 1 saturated heterocycles. The van der Waals surface area contributed by atoms with Crippen molar-refractivity contribution in [1.29, 1.82) is 0 Å². The maximum Gasteiger partial charge on any atom is 0.417 e. The fourth-order valence-corrected chi connectivity index (χ4v) is 2.15. The van der Waals surface area contributed by atoms with Gasteiger partial charge in [0.2, 0.25) is 0 Å². The number of hydrogen-bond donors (Lipinski definition) is 1. The molecule has 0 aromatic heterocycles. The first-order chi connectivity index (χ1) is 9.13. The maximum atomic E-state index is 13.7. The molecule has 10 heteroatoms. The van der Waals surface area contributed by atoms with Crippen molar-refractivity contribution in [3.05, 3.63) is 34.3 Å². The lowest BCUT2D eigenvalue weighted by atomic mass is 9.98. The third kappa shape index (κ3) is 3.49. The molecule has 1 aliphatic heterocycles. The molecule has 1 aromatic carbocycles. The molecule has 1 aromatic rings. The van der Waals surface area contributed by atoms with E-state index in [0.29, 0.717) is 6.07 Å². The van der Waals surface area contributed by atoms with E-state index in [1.54, 1.807) is 5.32 Å². The first kappa shape index (κ1) is 17.8. The van der Waals surface area contributed by atoms with Crippen molar-refractivity contribution < 1.29 is 31.5 Å². The van der Waals surface area contributed by atoms with Gasteiger partial charge in [-0.05, 0) is 11.6 Å². The molecule has 0 radical (unpaired) electrons. The first-order valence-electron chi connectivity index (χ1n) is 5.29. The fourth-order valence-electron chi connectivity index (χ4n) is 1.81. The Balaban J connectivity index is 0.00000220. The summed E-state index contributed by atoms with van der Waals surface area (Å²) in [4.78, 5) is 11.0. The first-order valence-corrected chi connectivity index (χ1v) is 5.67. The number of ether oxygens (including phenoxy) is 1. The standard InChI is InChI=1S/C11H7ClF5NO2.ClH/c12-7-5(2-1-3-6(7)11(15,16)17)8-10(13,14)4-20-9(19)18-8;/h1-3,8H,4H2,(H,18,19);1H/t8-;/m1./s1. The lowest BCUT2D eigenvalue weighted by molar-refractivity contribution is -0.137. The monoisotopic (exact) mass is 351 g/mol. The summed E-state index contributed by atoms with van der Waals surface area (Å²) in [6.45, 7) is -1.23. The number of hydrogen-bond acceptors (Lipinski definition) is 2. The Hall–Kier alpha value is -1.28. The second kappa shape index (κ2) is 5.84. The molecular weight excluding hydrogens is 344 g/mol. The van der Waals surface area contributed by atoms with Crippen molar-refractivity contribution in [3.8, 4) is 0 Å². The average Bonchev–Trinajstić information content (AvgIpc) is 2.31. The minimum atomic E-state index is -4.78. The maximum absolute atomic E-state index is 13.7. The van der Waals surface area contributed by atoms with E-state index in [9.17, 15) is 26.7 Å². The number of rotatable bonds is 1. The third-order valence-corrected chi connectivity index (χ3v) is 3.15. The van der Waals surface area contributed by atoms with Crippen molar-refractivity contribution in [2.75, 3.05) is 6.61 Å². The highest BCUT2D eigenvalue weighted by Gasteiger charge is 2.48. The van der Waals surface area contributed by atoms with Crippen LogP contribution in [0.25, 0.3) is 0 Å². The predicted octanol–water partition coefficient (Wildman–Crippen LogP) is 4.20. The second-order valence-electron chi connectivity index (χ2n) is 4.12. The van der Waals surface area contributed by atoms with Gasteiger partial charge in [0.25, 0.3) is 0 Å². The normalized spacial score (nSPS) is 21.0. The molecule has 1 N–H and O–H groups in total. The Kier molecular flexibility index (Phi) is 4.94. The van der Waals surface area contributed by atoms with Crippen LogP contribution in [0.3, 0.4) is 0 Å². The fraction of sp³-hybridized carbons (Fsp3) is 0.364. The van der Waals surface area contributed by atoms with Crippen molar-refractivity contribution >= 4 is 30.1 Å². The van der Waals surface area contributed by atoms with Crippen LogP contribution < -0.4 is 5.32 Å². The van der Waals surface area contributed by atoms with E-state index in [4.69, 9.17) is 11.6 Å². The molecule has 1 amide bonds. The average molecular weight is 352 g/mol. The molecule has 21 heavy (non-hydrogen) atoms. The van der Waals surface area contributed by atoms with E-state index >= 15 is 0 Å². The third-order valence-electron chi connectivity index (χ3n) is 2.73. The predicted molar refractivity (Wildman–Crippen MR) is 65.9 cm³/mol. The number of cyclic esters (lactones) is 1. The van der Waals surface area contributed by atoms with E-state index in [1.807, 2.05) is 0 Å². The largest absolute Gasteiger partial charge is 0.443 e. The van der Waals surface area contributed by atoms with Crippen LogP contribution >= 0.6 is 24.0 Å². The molecule has 1 heterocycles. The molecule has 2 rings (SSSR count). The second-order valence-corrected chi connectivity index (χ2v) is 4.50. The quantitative estimate of drug-likeness (QED) is 0.770. The van der Waals surface area contributed by atoms with Crippen LogP contribution in [0.1, 0.15) is 17.2 Å². The van der Waals surface area contributed by atoms with Crippen LogP contribution in [0.2, 0.25) is 5.02 Å². The van der Waals surface area contributed by atoms with Gasteiger partial charge in [-0.2, -0.15) is 13.2 Å². The summed E-state index contributed by atoms with van der Waals surface area (Å²) >= 11 is 5.56. The zero-order valence-corrected chi connectivity index (χ0v) is 11.6. The number of carbonyl (C=O) groups excluding carboxylic acids is 1. The van der Waals surface area contributed by atoms with Gasteiger partial charge in [-0.1, -0.05) is 23.7 Å². The van der Waals surface area contributed by atoms with Gasteiger partial charge in [0, 0.05) is 0 Å². The van der Waals surface area contributed by atoms with Gasteiger partial charge in [0.1, 0.15) is 6.04 Å². The smallest absolute Gasteiger partial charge is 0.417 e. The highest BCUT2D eigenvalue weighted by Crippen LogP contribution is 2.42. The molecule has 1 atom stereocenters. The van der Waals surface area contributed by atoms with Gasteiger partial charge in [-0.3, -0.25) is 0 Å². The van der Waals surface area contributed by atoms with Crippen LogP contribution in [0.5, 0.6) is 0 Å². The van der Waals surface area contributed by atoms with Gasteiger partial charge >= 0.3 is 18.2 Å². The van der Waals surface area contributed by atoms with Crippen molar-refractivity contribution in [3.63, 3.8) is 0 Å². The lowest BCUT2D eigenvalue weighted by Crippen LogP contribution is -2.49. The number of carbonyl (C=O) groups is 1. The van der Waals surface area contributed by atoms with Crippen LogP contribution in [0, 0.1) is 0 Å². The Morgan fingerprint density at radius 2 is 1.95 bits per heavy atom. The molecule has 0 spiro atoms. The van der Waals surface area contributed by atoms with Gasteiger partial charge in [0.15, 0.2) is 6.61 Å². The molecule has 0 bridgehead atoms. The number of halogens is 7. The van der Waals surface area contributed by atoms with Crippen molar-refractivity contribution in [2.45, 2.75) is 18.1 Å². The minimum absolute atomic E-state index is 0. The molecule has 0 unspecified atom stereocenters. The number of nitrogens with one attached hydrogen (secondary N) is 1. The Morgan fingerprint density at radius 3 is 2.52 bits per heavy atom. The van der Waals surface area contributed by atoms with Crippen LogP contribution in [-0.2, 0) is 10.9 Å². The molecule has 0 saturated carbocycles. The summed E-state index contributed by atoms with van der Waals surface area (Å²) in [5, 5.41) is 0.911. The van der Waals surface area contributed by atoms with Crippen LogP contribution in [0.15, 0.2) is 18.2 Å². The summed E-state index contributed by atoms with van der Waals surface area (Å²) < 4.78 is 69.5. The number of amides is 1. The molecule has 1 fully saturated rings. The summed E-state index contributed by atoms with van der Waals surface area (Å²) in [5.41, 5.74) is -1.75. The van der Waals surface area contributed by atoms with Crippen molar-refractivity contribution in [2.24, 2.45) is 0 Å². The van der Waals surface area contributed by atoms with E-state index < -0.39 is 47.0 Å². The Bertz CT molecular complexity index is 550. The SMILES string of the molecule is Cl.O=C1N[C@H](c2cccc(C(F)(F)F)c2Cl)C(F)(F)CO1. The summed E-state index contributed by atoms with van der Waals surface area (Å²) in [5.74, 6) is -3.57. The lowest BCUT2D eigenvalue weighted by Gasteiger charge is -2.32. The highest BCUT2D eigenvalue weighted by molar-refractivity contribution is 6.32. The van der Waals surface area contributed by atoms with E-state index in [-0.39, 0.29) is 12.4 Å². The number of alkyl halides is 5. The number of benzene rings is 1. The molecule has 118 valence electrons. The Labute approximate surface area is 126 Å². The van der Waals surface area contributed by atoms with Crippen LogP contribution in [0.4, 0.5) is 26.7 Å². The van der Waals surface area contributed by atoms with E-state index in [1.165, 1.54) is 0 Å². The zero-order valence-electron chi connectivity index (χ0n) is 10.0. The molecular formula is C11H8Cl2F5NO2.